The van der Waals surface area contributed by atoms with Crippen LogP contribution in [0.1, 0.15) is 10.4 Å². The molecule has 7 heteroatoms. The third kappa shape index (κ3) is 3.00. The number of ketones is 1. The van der Waals surface area contributed by atoms with E-state index in [2.05, 4.69) is 0 Å². The highest BCUT2D eigenvalue weighted by Gasteiger charge is 2.23. The number of methoxy groups -OCH3 is 1. The second-order valence-corrected chi connectivity index (χ2v) is 6.55. The minimum Gasteiger partial charge on any atom is -0.497 e. The molecule has 0 saturated carbocycles. The second-order valence-electron chi connectivity index (χ2n) is 6.55. The first kappa shape index (κ1) is 17.8. The number of fused-ring (bicyclic) bond motifs is 2. The van der Waals surface area contributed by atoms with Crippen LogP contribution < -0.4 is 19.9 Å². The number of pyridine rings is 1. The van der Waals surface area contributed by atoms with Gasteiger partial charge in [-0.25, -0.2) is 0 Å². The van der Waals surface area contributed by atoms with E-state index in [1.165, 1.54) is 9.47 Å². The van der Waals surface area contributed by atoms with Gasteiger partial charge in [-0.05, 0) is 47.9 Å². The molecular formula is C21H18N2O5. The summed E-state index contributed by atoms with van der Waals surface area (Å²) in [5, 5.41) is 1.26. The summed E-state index contributed by atoms with van der Waals surface area (Å²) >= 11 is 0. The Labute approximate surface area is 160 Å². The van der Waals surface area contributed by atoms with E-state index in [9.17, 15) is 14.4 Å². The summed E-state index contributed by atoms with van der Waals surface area (Å²) < 4.78 is 11.9. The fraction of sp³-hybridized carbons (Fsp3) is 0.190. The van der Waals surface area contributed by atoms with Crippen LogP contribution in [0.5, 0.6) is 11.5 Å². The van der Waals surface area contributed by atoms with E-state index in [0.29, 0.717) is 28.1 Å². The summed E-state index contributed by atoms with van der Waals surface area (Å²) in [5.41, 5.74) is 0.702. The number of hydrogen-bond acceptors (Lipinski definition) is 5. The Hall–Kier alpha value is -3.61. The van der Waals surface area contributed by atoms with Crippen molar-refractivity contribution in [1.29, 1.82) is 0 Å². The predicted octanol–water partition coefficient (Wildman–Crippen LogP) is 2.25. The van der Waals surface area contributed by atoms with E-state index >= 15 is 0 Å². The summed E-state index contributed by atoms with van der Waals surface area (Å²) in [6.07, 6.45) is 1.60. The molecule has 2 aromatic carbocycles. The van der Waals surface area contributed by atoms with Gasteiger partial charge in [-0.3, -0.25) is 14.4 Å². The molecule has 1 aliphatic rings. The van der Waals surface area contributed by atoms with Gasteiger partial charge in [0, 0.05) is 24.2 Å². The smallest absolute Gasteiger partial charge is 0.264 e. The first-order valence-electron chi connectivity index (χ1n) is 8.72. The van der Waals surface area contributed by atoms with Crippen LogP contribution in [0.25, 0.3) is 10.8 Å². The first-order valence-corrected chi connectivity index (χ1v) is 8.72. The molecule has 0 N–H and O–H groups in total. The second kappa shape index (κ2) is 6.84. The molecule has 3 aromatic rings. The van der Waals surface area contributed by atoms with Gasteiger partial charge in [0.05, 0.1) is 19.3 Å². The molecule has 0 fully saturated rings. The van der Waals surface area contributed by atoms with Crippen molar-refractivity contribution < 1.29 is 19.1 Å². The fourth-order valence-corrected chi connectivity index (χ4v) is 3.21. The quantitative estimate of drug-likeness (QED) is 0.651. The van der Waals surface area contributed by atoms with Gasteiger partial charge in [0.1, 0.15) is 11.5 Å². The Morgan fingerprint density at radius 3 is 2.75 bits per heavy atom. The van der Waals surface area contributed by atoms with E-state index in [1.54, 1.807) is 62.8 Å². The molecule has 1 amide bonds. The highest BCUT2D eigenvalue weighted by Crippen LogP contribution is 2.32. The maximum Gasteiger partial charge on any atom is 0.264 e. The minimum atomic E-state index is -0.248. The standard InChI is InChI=1S/C21H18N2O5/c1-22-17-10-14(3-6-19(17)28-12-20(22)25)18(24)11-23-8-7-13-9-15(27-2)4-5-16(13)21(23)26/h3-10H,11-12H2,1-2H3. The third-order valence-electron chi connectivity index (χ3n) is 4.87. The zero-order valence-electron chi connectivity index (χ0n) is 15.5. The largest absolute Gasteiger partial charge is 0.497 e. The van der Waals surface area contributed by atoms with Crippen LogP contribution in [0.3, 0.4) is 0 Å². The van der Waals surface area contributed by atoms with Crippen LogP contribution in [0.15, 0.2) is 53.5 Å². The minimum absolute atomic E-state index is 0.0198. The number of Topliss-reactive ketones (excluding diaryl/α,β-unsaturated/α-hetero) is 1. The average Bonchev–Trinajstić information content (AvgIpc) is 2.72. The average molecular weight is 378 g/mol. The number of benzene rings is 2. The van der Waals surface area contributed by atoms with Gasteiger partial charge in [0.25, 0.3) is 11.5 Å². The highest BCUT2D eigenvalue weighted by atomic mass is 16.5. The van der Waals surface area contributed by atoms with Gasteiger partial charge in [-0.15, -0.1) is 0 Å². The van der Waals surface area contributed by atoms with Crippen molar-refractivity contribution in [1.82, 2.24) is 4.57 Å². The number of amides is 1. The van der Waals surface area contributed by atoms with E-state index in [-0.39, 0.29) is 30.4 Å². The van der Waals surface area contributed by atoms with Crippen molar-refractivity contribution in [3.63, 3.8) is 0 Å². The molecule has 0 atom stereocenters. The number of likely N-dealkylation sites (N-methyl/N-ethyl adjacent to an activating group) is 1. The van der Waals surface area contributed by atoms with Crippen molar-refractivity contribution in [2.75, 3.05) is 25.7 Å². The lowest BCUT2D eigenvalue weighted by molar-refractivity contribution is -0.120. The molecule has 7 nitrogen and oxygen atoms in total. The summed E-state index contributed by atoms with van der Waals surface area (Å²) in [5.74, 6) is 0.800. The molecule has 1 aliphatic heterocycles. The van der Waals surface area contributed by atoms with E-state index < -0.39 is 0 Å². The van der Waals surface area contributed by atoms with Crippen LogP contribution >= 0.6 is 0 Å². The summed E-state index contributed by atoms with van der Waals surface area (Å²) in [6.45, 7) is -0.119. The highest BCUT2D eigenvalue weighted by molar-refractivity contribution is 6.01. The Balaban J connectivity index is 1.65. The lowest BCUT2D eigenvalue weighted by Crippen LogP contribution is -2.35. The van der Waals surface area contributed by atoms with E-state index in [0.717, 1.165) is 5.39 Å². The monoisotopic (exact) mass is 378 g/mol. The molecule has 0 spiro atoms. The maximum absolute atomic E-state index is 12.8. The number of nitrogens with zero attached hydrogens (tertiary/aromatic N) is 2. The van der Waals surface area contributed by atoms with E-state index in [4.69, 9.17) is 9.47 Å². The van der Waals surface area contributed by atoms with Gasteiger partial charge < -0.3 is 18.9 Å². The Kier molecular flexibility index (Phi) is 4.35. The van der Waals surface area contributed by atoms with Crippen LogP contribution in [0.2, 0.25) is 0 Å². The predicted molar refractivity (Wildman–Crippen MR) is 104 cm³/mol. The van der Waals surface area contributed by atoms with Crippen molar-refractivity contribution in [2.24, 2.45) is 0 Å². The fourth-order valence-electron chi connectivity index (χ4n) is 3.21. The number of hydrogen-bond donors (Lipinski definition) is 0. The Bertz CT molecular complexity index is 1170. The first-order chi connectivity index (χ1) is 13.5. The summed E-state index contributed by atoms with van der Waals surface area (Å²) in [7, 11) is 3.20. The van der Waals surface area contributed by atoms with Crippen LogP contribution in [-0.4, -0.2) is 37.0 Å². The lowest BCUT2D eigenvalue weighted by Gasteiger charge is -2.26. The molecule has 28 heavy (non-hydrogen) atoms. The zero-order chi connectivity index (χ0) is 19.8. The van der Waals surface area contributed by atoms with Gasteiger partial charge in [0.2, 0.25) is 0 Å². The normalized spacial score (nSPS) is 13.2. The van der Waals surface area contributed by atoms with Gasteiger partial charge in [-0.1, -0.05) is 0 Å². The van der Waals surface area contributed by atoms with Crippen molar-refractivity contribution in [3.05, 3.63) is 64.6 Å². The number of anilines is 1. The maximum atomic E-state index is 12.8. The number of rotatable bonds is 4. The third-order valence-corrected chi connectivity index (χ3v) is 4.87. The van der Waals surface area contributed by atoms with Crippen molar-refractivity contribution >= 4 is 28.2 Å². The Morgan fingerprint density at radius 2 is 1.96 bits per heavy atom. The number of carbonyl (C=O) groups is 2. The van der Waals surface area contributed by atoms with Gasteiger partial charge >= 0.3 is 0 Å². The van der Waals surface area contributed by atoms with Crippen LogP contribution in [0.4, 0.5) is 5.69 Å². The van der Waals surface area contributed by atoms with Crippen LogP contribution in [-0.2, 0) is 11.3 Å². The summed E-state index contributed by atoms with van der Waals surface area (Å²) in [4.78, 5) is 38.7. The van der Waals surface area contributed by atoms with Gasteiger partial charge in [0.15, 0.2) is 12.4 Å². The molecule has 0 radical (unpaired) electrons. The molecule has 4 rings (SSSR count). The van der Waals surface area contributed by atoms with Crippen molar-refractivity contribution in [2.45, 2.75) is 6.54 Å². The topological polar surface area (TPSA) is 77.8 Å². The number of carbonyl (C=O) groups excluding carboxylic acids is 2. The molecule has 0 bridgehead atoms. The molecule has 0 saturated heterocycles. The van der Waals surface area contributed by atoms with Gasteiger partial charge in [-0.2, -0.15) is 0 Å². The SMILES string of the molecule is COc1ccc2c(=O)n(CC(=O)c3ccc4c(c3)N(C)C(=O)CO4)ccc2c1. The number of ether oxygens (including phenoxy) is 2. The number of aromatic nitrogens is 1. The van der Waals surface area contributed by atoms with Crippen LogP contribution in [0, 0.1) is 0 Å². The molecular weight excluding hydrogens is 360 g/mol. The Morgan fingerprint density at radius 1 is 1.14 bits per heavy atom. The molecule has 1 aromatic heterocycles. The van der Waals surface area contributed by atoms with Crippen molar-refractivity contribution in [3.8, 4) is 11.5 Å². The summed E-state index contributed by atoms with van der Waals surface area (Å²) in [6, 6.07) is 11.9. The molecule has 142 valence electrons. The molecule has 0 unspecified atom stereocenters. The van der Waals surface area contributed by atoms with E-state index in [1.807, 2.05) is 0 Å². The zero-order valence-corrected chi connectivity index (χ0v) is 15.5. The molecule has 2 heterocycles. The lowest BCUT2D eigenvalue weighted by atomic mass is 10.1. The molecule has 0 aliphatic carbocycles.